The minimum absolute atomic E-state index is 0.0184. The van der Waals surface area contributed by atoms with Gasteiger partial charge in [-0.2, -0.15) is 13.2 Å². The van der Waals surface area contributed by atoms with E-state index in [-0.39, 0.29) is 23.7 Å². The average molecular weight is 309 g/mol. The number of carbonyl (C=O) groups excluding carboxylic acids is 1. The fourth-order valence-corrected chi connectivity index (χ4v) is 2.10. The molecule has 0 spiro atoms. The molecule has 0 saturated carbocycles. The largest absolute Gasteiger partial charge is 0.416 e. The summed E-state index contributed by atoms with van der Waals surface area (Å²) in [7, 11) is 0. The van der Waals surface area contributed by atoms with Crippen molar-refractivity contribution in [1.29, 1.82) is 0 Å². The Morgan fingerprint density at radius 3 is 2.70 bits per heavy atom. The van der Waals surface area contributed by atoms with Gasteiger partial charge in [-0.15, -0.1) is 0 Å². The Balaban J connectivity index is 2.14. The summed E-state index contributed by atoms with van der Waals surface area (Å²) in [5, 5.41) is 14.4. The molecule has 1 aromatic rings. The lowest BCUT2D eigenvalue weighted by Crippen LogP contribution is -2.35. The van der Waals surface area contributed by atoms with Gasteiger partial charge in [0.2, 0.25) is 5.91 Å². The molecular weight excluding hydrogens is 297 g/mol. The van der Waals surface area contributed by atoms with Crippen molar-refractivity contribution >= 4 is 23.2 Å². The van der Waals surface area contributed by atoms with Crippen LogP contribution in [0.1, 0.15) is 12.0 Å². The van der Waals surface area contributed by atoms with E-state index < -0.39 is 29.8 Å². The zero-order valence-electron chi connectivity index (χ0n) is 10.2. The highest BCUT2D eigenvalue weighted by molar-refractivity contribution is 6.33. The molecule has 110 valence electrons. The third kappa shape index (κ3) is 3.41. The van der Waals surface area contributed by atoms with Crippen LogP contribution in [-0.2, 0) is 11.0 Å². The summed E-state index contributed by atoms with van der Waals surface area (Å²) in [6.07, 6.45) is -4.93. The first-order valence-corrected chi connectivity index (χ1v) is 6.24. The normalized spacial score (nSPS) is 22.9. The molecule has 4 nitrogen and oxygen atoms in total. The van der Waals surface area contributed by atoms with Crippen molar-refractivity contribution < 1.29 is 23.1 Å². The monoisotopic (exact) mass is 308 g/mol. The first-order chi connectivity index (χ1) is 9.27. The number of benzene rings is 1. The van der Waals surface area contributed by atoms with E-state index in [1.807, 2.05) is 0 Å². The maximum atomic E-state index is 12.6. The Morgan fingerprint density at radius 1 is 1.45 bits per heavy atom. The highest BCUT2D eigenvalue weighted by Crippen LogP contribution is 2.33. The smallest absolute Gasteiger partial charge is 0.392 e. The van der Waals surface area contributed by atoms with Gasteiger partial charge in [-0.3, -0.25) is 4.79 Å². The lowest BCUT2D eigenvalue weighted by molar-refractivity contribution is -0.137. The van der Waals surface area contributed by atoms with Crippen LogP contribution in [-0.4, -0.2) is 29.7 Å². The second-order valence-corrected chi connectivity index (χ2v) is 4.94. The average Bonchev–Trinajstić information content (AvgIpc) is 2.77. The number of nitrogens with one attached hydrogen (secondary N) is 2. The predicted octanol–water partition coefficient (Wildman–Crippen LogP) is 2.02. The Kier molecular flexibility index (Phi) is 4.22. The number of halogens is 4. The van der Waals surface area contributed by atoms with Gasteiger partial charge < -0.3 is 15.7 Å². The lowest BCUT2D eigenvalue weighted by atomic mass is 10.1. The summed E-state index contributed by atoms with van der Waals surface area (Å²) in [6, 6.07) is 2.06. The van der Waals surface area contributed by atoms with Gasteiger partial charge in [0.25, 0.3) is 0 Å². The molecule has 1 aliphatic rings. The molecule has 1 saturated heterocycles. The number of hydrogen-bond donors (Lipinski definition) is 3. The van der Waals surface area contributed by atoms with Crippen LogP contribution in [0.15, 0.2) is 18.2 Å². The Morgan fingerprint density at radius 2 is 2.15 bits per heavy atom. The molecule has 2 unspecified atom stereocenters. The summed E-state index contributed by atoms with van der Waals surface area (Å²) < 4.78 is 37.8. The SMILES string of the molecule is O=C(Nc1cc(C(F)(F)F)ccc1Cl)C1CC(O)CN1. The van der Waals surface area contributed by atoms with E-state index in [1.54, 1.807) is 0 Å². The van der Waals surface area contributed by atoms with Crippen molar-refractivity contribution in [3.8, 4) is 0 Å². The number of anilines is 1. The van der Waals surface area contributed by atoms with Gasteiger partial charge in [0.1, 0.15) is 0 Å². The van der Waals surface area contributed by atoms with Gasteiger partial charge in [-0.05, 0) is 24.6 Å². The highest BCUT2D eigenvalue weighted by atomic mass is 35.5. The van der Waals surface area contributed by atoms with Crippen molar-refractivity contribution in [2.75, 3.05) is 11.9 Å². The zero-order valence-corrected chi connectivity index (χ0v) is 10.9. The Labute approximate surface area is 117 Å². The third-order valence-electron chi connectivity index (χ3n) is 2.98. The molecule has 1 aliphatic heterocycles. The summed E-state index contributed by atoms with van der Waals surface area (Å²) in [6.45, 7) is 0.272. The van der Waals surface area contributed by atoms with Crippen LogP contribution in [0.5, 0.6) is 0 Å². The molecular formula is C12H12ClF3N2O2. The molecule has 2 atom stereocenters. The van der Waals surface area contributed by atoms with Crippen molar-refractivity contribution in [2.45, 2.75) is 24.7 Å². The van der Waals surface area contributed by atoms with Crippen molar-refractivity contribution in [2.24, 2.45) is 0 Å². The van der Waals surface area contributed by atoms with Crippen LogP contribution >= 0.6 is 11.6 Å². The van der Waals surface area contributed by atoms with Crippen molar-refractivity contribution in [1.82, 2.24) is 5.32 Å². The van der Waals surface area contributed by atoms with E-state index in [2.05, 4.69) is 10.6 Å². The summed E-state index contributed by atoms with van der Waals surface area (Å²) >= 11 is 5.77. The maximum Gasteiger partial charge on any atom is 0.416 e. The molecule has 1 amide bonds. The fraction of sp³-hybridized carbons (Fsp3) is 0.417. The summed E-state index contributed by atoms with van der Waals surface area (Å²) in [4.78, 5) is 11.8. The molecule has 0 aliphatic carbocycles. The highest BCUT2D eigenvalue weighted by Gasteiger charge is 2.32. The molecule has 1 aromatic carbocycles. The van der Waals surface area contributed by atoms with Gasteiger partial charge >= 0.3 is 6.18 Å². The van der Waals surface area contributed by atoms with Crippen LogP contribution in [0.3, 0.4) is 0 Å². The first-order valence-electron chi connectivity index (χ1n) is 5.86. The second-order valence-electron chi connectivity index (χ2n) is 4.53. The summed E-state index contributed by atoms with van der Waals surface area (Å²) in [5.74, 6) is -0.525. The van der Waals surface area contributed by atoms with Gasteiger partial charge in [-0.1, -0.05) is 11.6 Å². The second kappa shape index (κ2) is 5.59. The maximum absolute atomic E-state index is 12.6. The van der Waals surface area contributed by atoms with Crippen LogP contribution in [0.4, 0.5) is 18.9 Å². The molecule has 8 heteroatoms. The topological polar surface area (TPSA) is 61.4 Å². The van der Waals surface area contributed by atoms with Crippen LogP contribution in [0, 0.1) is 0 Å². The number of amides is 1. The van der Waals surface area contributed by atoms with Gasteiger partial charge in [0.05, 0.1) is 28.4 Å². The fourth-order valence-electron chi connectivity index (χ4n) is 1.93. The quantitative estimate of drug-likeness (QED) is 0.783. The minimum Gasteiger partial charge on any atom is -0.392 e. The number of aliphatic hydroxyl groups is 1. The van der Waals surface area contributed by atoms with Gasteiger partial charge in [0, 0.05) is 6.54 Å². The zero-order chi connectivity index (χ0) is 14.9. The first kappa shape index (κ1) is 15.1. The van der Waals surface area contributed by atoms with E-state index in [1.165, 1.54) is 0 Å². The Bertz CT molecular complexity index is 522. The number of rotatable bonds is 2. The predicted molar refractivity (Wildman–Crippen MR) is 67.5 cm³/mol. The van der Waals surface area contributed by atoms with E-state index in [9.17, 15) is 23.1 Å². The molecule has 0 bridgehead atoms. The van der Waals surface area contributed by atoms with Crippen LogP contribution < -0.4 is 10.6 Å². The van der Waals surface area contributed by atoms with Crippen LogP contribution in [0.25, 0.3) is 0 Å². The number of alkyl halides is 3. The number of hydrogen-bond acceptors (Lipinski definition) is 3. The van der Waals surface area contributed by atoms with E-state index in [4.69, 9.17) is 11.6 Å². The Hall–Kier alpha value is -1.31. The van der Waals surface area contributed by atoms with Crippen molar-refractivity contribution in [3.05, 3.63) is 28.8 Å². The molecule has 0 aromatic heterocycles. The third-order valence-corrected chi connectivity index (χ3v) is 3.31. The molecule has 0 radical (unpaired) electrons. The lowest BCUT2D eigenvalue weighted by Gasteiger charge is -2.14. The number of aliphatic hydroxyl groups excluding tert-OH is 1. The minimum atomic E-state index is -4.51. The number of β-amino-alcohol motifs (C(OH)–C–C–N with tert-alkyl or cyclic N) is 1. The number of carbonyl (C=O) groups is 1. The summed E-state index contributed by atoms with van der Waals surface area (Å²) in [5.41, 5.74) is -0.994. The molecule has 20 heavy (non-hydrogen) atoms. The van der Waals surface area contributed by atoms with E-state index in [0.29, 0.717) is 0 Å². The van der Waals surface area contributed by atoms with E-state index in [0.717, 1.165) is 18.2 Å². The van der Waals surface area contributed by atoms with Gasteiger partial charge in [-0.25, -0.2) is 0 Å². The van der Waals surface area contributed by atoms with Crippen LogP contribution in [0.2, 0.25) is 5.02 Å². The van der Waals surface area contributed by atoms with Crippen molar-refractivity contribution in [3.63, 3.8) is 0 Å². The molecule has 3 N–H and O–H groups in total. The standard InChI is InChI=1S/C12H12ClF3N2O2/c13-8-2-1-6(12(14,15)16)3-9(8)18-11(20)10-4-7(19)5-17-10/h1-3,7,10,17,19H,4-5H2,(H,18,20). The molecule has 2 rings (SSSR count). The van der Waals surface area contributed by atoms with E-state index >= 15 is 0 Å². The molecule has 1 heterocycles. The molecule has 1 fully saturated rings. The van der Waals surface area contributed by atoms with Gasteiger partial charge in [0.15, 0.2) is 0 Å².